The van der Waals surface area contributed by atoms with Gasteiger partial charge in [0.2, 0.25) is 5.91 Å². The molecular formula is C27H33N5O5S. The van der Waals surface area contributed by atoms with Crippen LogP contribution in [0.4, 0.5) is 5.69 Å². The predicted molar refractivity (Wildman–Crippen MR) is 149 cm³/mol. The van der Waals surface area contributed by atoms with Crippen LogP contribution in [0.15, 0.2) is 47.3 Å². The first kappa shape index (κ1) is 27.3. The zero-order valence-electron chi connectivity index (χ0n) is 21.7. The number of hydrogen-bond acceptors (Lipinski definition) is 8. The summed E-state index contributed by atoms with van der Waals surface area (Å²) >= 11 is 5.35. The molecule has 0 aliphatic carbocycles. The third kappa shape index (κ3) is 6.59. The van der Waals surface area contributed by atoms with E-state index in [0.717, 1.165) is 38.5 Å². The fourth-order valence-corrected chi connectivity index (χ4v) is 4.85. The minimum atomic E-state index is -0.489. The molecule has 0 spiro atoms. The number of anilines is 1. The normalized spacial score (nSPS) is 13.9. The molecule has 1 amide bonds. The van der Waals surface area contributed by atoms with Crippen molar-refractivity contribution in [2.75, 3.05) is 58.4 Å². The molecule has 11 heteroatoms. The molecule has 3 aromatic rings. The number of hydrogen-bond donors (Lipinski definition) is 2. The molecule has 0 unspecified atom stereocenters. The lowest BCUT2D eigenvalue weighted by molar-refractivity contribution is -0.121. The minimum Gasteiger partial charge on any atom is -0.497 e. The lowest BCUT2D eigenvalue weighted by Gasteiger charge is -2.36. The Morgan fingerprint density at radius 2 is 1.76 bits per heavy atom. The molecule has 1 saturated heterocycles. The summed E-state index contributed by atoms with van der Waals surface area (Å²) < 4.78 is 11.7. The van der Waals surface area contributed by atoms with Gasteiger partial charge in [0.15, 0.2) is 4.77 Å². The number of esters is 1. The Kier molecular flexibility index (Phi) is 9.14. The van der Waals surface area contributed by atoms with Crippen LogP contribution in [0.2, 0.25) is 0 Å². The Balaban J connectivity index is 1.20. The summed E-state index contributed by atoms with van der Waals surface area (Å²) in [6, 6.07) is 12.8. The highest BCUT2D eigenvalue weighted by molar-refractivity contribution is 7.71. The van der Waals surface area contributed by atoms with Crippen molar-refractivity contribution in [2.24, 2.45) is 0 Å². The highest BCUT2D eigenvalue weighted by Crippen LogP contribution is 2.20. The van der Waals surface area contributed by atoms with Crippen molar-refractivity contribution in [1.29, 1.82) is 0 Å². The van der Waals surface area contributed by atoms with E-state index in [2.05, 4.69) is 32.2 Å². The Labute approximate surface area is 226 Å². The highest BCUT2D eigenvalue weighted by Gasteiger charge is 2.17. The average Bonchev–Trinajstić information content (AvgIpc) is 2.94. The molecule has 1 fully saturated rings. The fourth-order valence-electron chi connectivity index (χ4n) is 4.56. The number of aromatic amines is 1. The van der Waals surface area contributed by atoms with E-state index in [9.17, 15) is 14.4 Å². The van der Waals surface area contributed by atoms with Gasteiger partial charge in [0.05, 0.1) is 30.7 Å². The molecule has 202 valence electrons. The van der Waals surface area contributed by atoms with Gasteiger partial charge in [-0.15, -0.1) is 0 Å². The number of H-pyrrole nitrogens is 1. The largest absolute Gasteiger partial charge is 0.497 e. The second kappa shape index (κ2) is 12.7. The van der Waals surface area contributed by atoms with Gasteiger partial charge in [-0.1, -0.05) is 0 Å². The number of nitrogens with zero attached hydrogens (tertiary/aromatic N) is 3. The topological polar surface area (TPSA) is 109 Å². The third-order valence-electron chi connectivity index (χ3n) is 6.75. The van der Waals surface area contributed by atoms with Crippen molar-refractivity contribution in [3.63, 3.8) is 0 Å². The molecule has 0 saturated carbocycles. The van der Waals surface area contributed by atoms with Crippen LogP contribution in [0.25, 0.3) is 10.9 Å². The SMILES string of the molecule is COC(=O)c1ccc2c(=O)n(CCCC(=O)NCCN3CCN(c4ccc(OC)cc4)CC3)c(=S)[nH]c2c1. The molecular weight excluding hydrogens is 506 g/mol. The second-order valence-corrected chi connectivity index (χ2v) is 9.51. The summed E-state index contributed by atoms with van der Waals surface area (Å²) in [5.74, 6) is 0.316. The monoisotopic (exact) mass is 539 g/mol. The maximum absolute atomic E-state index is 12.9. The van der Waals surface area contributed by atoms with Crippen LogP contribution in [0.5, 0.6) is 5.75 Å². The number of nitrogens with one attached hydrogen (secondary N) is 2. The van der Waals surface area contributed by atoms with Crippen LogP contribution in [0.3, 0.4) is 0 Å². The smallest absolute Gasteiger partial charge is 0.337 e. The summed E-state index contributed by atoms with van der Waals surface area (Å²) in [6.07, 6.45) is 0.779. The Morgan fingerprint density at radius 1 is 1.03 bits per heavy atom. The highest BCUT2D eigenvalue weighted by atomic mass is 32.1. The van der Waals surface area contributed by atoms with Gasteiger partial charge in [-0.2, -0.15) is 0 Å². The molecule has 4 rings (SSSR count). The van der Waals surface area contributed by atoms with E-state index >= 15 is 0 Å². The van der Waals surface area contributed by atoms with Crippen LogP contribution in [0, 0.1) is 4.77 Å². The van der Waals surface area contributed by atoms with Gasteiger partial charge in [0.25, 0.3) is 5.56 Å². The molecule has 0 radical (unpaired) electrons. The number of ether oxygens (including phenoxy) is 2. The predicted octanol–water partition coefficient (Wildman–Crippen LogP) is 2.57. The van der Waals surface area contributed by atoms with Gasteiger partial charge in [-0.25, -0.2) is 4.79 Å². The number of carbonyl (C=O) groups is 2. The maximum atomic E-state index is 12.9. The lowest BCUT2D eigenvalue weighted by atomic mass is 10.1. The number of aromatic nitrogens is 2. The van der Waals surface area contributed by atoms with Crippen molar-refractivity contribution in [2.45, 2.75) is 19.4 Å². The molecule has 2 aromatic carbocycles. The van der Waals surface area contributed by atoms with E-state index in [0.29, 0.717) is 42.4 Å². The number of benzene rings is 2. The first-order chi connectivity index (χ1) is 18.4. The quantitative estimate of drug-likeness (QED) is 0.299. The summed E-state index contributed by atoms with van der Waals surface area (Å²) in [4.78, 5) is 44.7. The van der Waals surface area contributed by atoms with Gasteiger partial charge in [0, 0.05) is 57.9 Å². The maximum Gasteiger partial charge on any atom is 0.337 e. The van der Waals surface area contributed by atoms with Crippen LogP contribution in [-0.4, -0.2) is 79.8 Å². The number of rotatable bonds is 10. The van der Waals surface area contributed by atoms with Gasteiger partial charge in [-0.05, 0) is 61.1 Å². The van der Waals surface area contributed by atoms with Gasteiger partial charge < -0.3 is 24.7 Å². The van der Waals surface area contributed by atoms with E-state index in [1.165, 1.54) is 17.4 Å². The molecule has 1 aliphatic heterocycles. The summed E-state index contributed by atoms with van der Waals surface area (Å²) in [7, 11) is 2.97. The summed E-state index contributed by atoms with van der Waals surface area (Å²) in [5.41, 5.74) is 1.74. The molecule has 2 N–H and O–H groups in total. The molecule has 0 atom stereocenters. The number of carbonyl (C=O) groups excluding carboxylic acids is 2. The second-order valence-electron chi connectivity index (χ2n) is 9.12. The Morgan fingerprint density at radius 3 is 2.45 bits per heavy atom. The molecule has 1 aliphatic rings. The summed E-state index contributed by atoms with van der Waals surface area (Å²) in [6.45, 7) is 5.45. The first-order valence-corrected chi connectivity index (χ1v) is 13.0. The Bertz CT molecular complexity index is 1390. The van der Waals surface area contributed by atoms with E-state index < -0.39 is 5.97 Å². The molecule has 0 bridgehead atoms. The van der Waals surface area contributed by atoms with E-state index in [4.69, 9.17) is 21.7 Å². The van der Waals surface area contributed by atoms with Gasteiger partial charge in [-0.3, -0.25) is 19.1 Å². The van der Waals surface area contributed by atoms with Crippen LogP contribution < -0.4 is 20.5 Å². The lowest BCUT2D eigenvalue weighted by Crippen LogP contribution is -2.48. The van der Waals surface area contributed by atoms with Crippen molar-refractivity contribution >= 4 is 40.7 Å². The van der Waals surface area contributed by atoms with Crippen molar-refractivity contribution in [3.8, 4) is 5.75 Å². The number of methoxy groups -OCH3 is 2. The average molecular weight is 540 g/mol. The number of piperazine rings is 1. The van der Waals surface area contributed by atoms with E-state index in [-0.39, 0.29) is 16.2 Å². The molecule has 38 heavy (non-hydrogen) atoms. The van der Waals surface area contributed by atoms with E-state index in [1.54, 1.807) is 25.3 Å². The van der Waals surface area contributed by atoms with Crippen LogP contribution in [-0.2, 0) is 16.1 Å². The first-order valence-electron chi connectivity index (χ1n) is 12.6. The third-order valence-corrected chi connectivity index (χ3v) is 7.07. The number of amides is 1. The van der Waals surface area contributed by atoms with Crippen LogP contribution in [0.1, 0.15) is 23.2 Å². The van der Waals surface area contributed by atoms with Crippen molar-refractivity contribution in [3.05, 3.63) is 63.2 Å². The van der Waals surface area contributed by atoms with Crippen LogP contribution >= 0.6 is 12.2 Å². The van der Waals surface area contributed by atoms with E-state index in [1.807, 2.05) is 12.1 Å². The standard InChI is InChI=1S/C27H33N5O5S/c1-36-21-8-6-20(7-9-21)31-16-14-30(15-17-31)13-11-28-24(33)4-3-12-32-25(34)22-10-5-19(26(35)37-2)18-23(22)29-27(32)38/h5-10,18H,3-4,11-17H2,1-2H3,(H,28,33)(H,29,38). The van der Waals surface area contributed by atoms with Gasteiger partial charge >= 0.3 is 5.97 Å². The van der Waals surface area contributed by atoms with Crippen molar-refractivity contribution in [1.82, 2.24) is 19.8 Å². The zero-order valence-corrected chi connectivity index (χ0v) is 22.5. The summed E-state index contributed by atoms with van der Waals surface area (Å²) in [5, 5.41) is 3.40. The number of fused-ring (bicyclic) bond motifs is 1. The van der Waals surface area contributed by atoms with Crippen molar-refractivity contribution < 1.29 is 19.1 Å². The molecule has 1 aromatic heterocycles. The molecule has 10 nitrogen and oxygen atoms in total. The fraction of sp³-hybridized carbons (Fsp3) is 0.407. The van der Waals surface area contributed by atoms with Gasteiger partial charge in [0.1, 0.15) is 5.75 Å². The molecule has 2 heterocycles. The Hall–Kier alpha value is -3.70. The zero-order chi connectivity index (χ0) is 27.1. The minimum absolute atomic E-state index is 0.0478.